The van der Waals surface area contributed by atoms with Gasteiger partial charge in [0.2, 0.25) is 0 Å². The Labute approximate surface area is 388 Å². The van der Waals surface area contributed by atoms with Crippen molar-refractivity contribution in [3.8, 4) is 0 Å². The van der Waals surface area contributed by atoms with Gasteiger partial charge in [0.15, 0.2) is 22.6 Å². The number of esters is 2. The van der Waals surface area contributed by atoms with E-state index in [4.69, 9.17) is 19.3 Å². The van der Waals surface area contributed by atoms with Crippen LogP contribution in [0.2, 0.25) is 0 Å². The Morgan fingerprint density at radius 1 is 0.846 bits per heavy atom. The first kappa shape index (κ1) is 44.7. The summed E-state index contributed by atoms with van der Waals surface area (Å²) in [6.07, 6.45) is 0.467. The third-order valence-electron chi connectivity index (χ3n) is 10.7. The van der Waals surface area contributed by atoms with Crippen LogP contribution >= 0.6 is 34.9 Å². The highest BCUT2D eigenvalue weighted by atomic mass is 32.2. The van der Waals surface area contributed by atoms with E-state index in [1.165, 1.54) is 46.6 Å². The lowest BCUT2D eigenvalue weighted by Gasteiger charge is -2.49. The van der Waals surface area contributed by atoms with E-state index in [1.807, 2.05) is 115 Å². The fraction of sp³-hybridized carbons (Fsp3) is 0.160. The molecule has 0 saturated carbocycles. The molecule has 0 radical (unpaired) electrons. The van der Waals surface area contributed by atoms with E-state index in [9.17, 15) is 19.2 Å². The molecule has 2 N–H and O–H groups in total. The predicted octanol–water partition coefficient (Wildman–Crippen LogP) is 8.65. The molecule has 3 heterocycles. The lowest BCUT2D eigenvalue weighted by Crippen LogP contribution is -2.73. The molecule has 328 valence electrons. The van der Waals surface area contributed by atoms with Gasteiger partial charge in [0.25, 0.3) is 11.8 Å². The Morgan fingerprint density at radius 3 is 1.91 bits per heavy atom. The second-order valence-corrected chi connectivity index (χ2v) is 17.6. The second-order valence-electron chi connectivity index (χ2n) is 14.6. The third kappa shape index (κ3) is 9.63. The molecule has 0 aliphatic carbocycles. The minimum atomic E-state index is -1.02. The summed E-state index contributed by atoms with van der Waals surface area (Å²) in [7, 11) is 1.33. The fourth-order valence-electron chi connectivity index (χ4n) is 7.72. The largest absolute Gasteiger partial charge is 0.463 e. The molecule has 8 rings (SSSR count). The molecule has 2 aliphatic rings. The van der Waals surface area contributed by atoms with Crippen LogP contribution in [0.4, 0.5) is 5.13 Å². The van der Waals surface area contributed by atoms with Crippen LogP contribution in [-0.4, -0.2) is 70.9 Å². The van der Waals surface area contributed by atoms with Gasteiger partial charge in [-0.25, -0.2) is 14.6 Å². The lowest BCUT2D eigenvalue weighted by molar-refractivity contribution is -0.156. The van der Waals surface area contributed by atoms with Crippen LogP contribution in [0, 0.1) is 0 Å². The van der Waals surface area contributed by atoms with Crippen molar-refractivity contribution in [1.82, 2.24) is 15.2 Å². The molecular formula is C50H43N5O7S3. The number of nitrogens with one attached hydrogen (secondary N) is 2. The zero-order valence-electron chi connectivity index (χ0n) is 35.2. The molecular weight excluding hydrogens is 879 g/mol. The Morgan fingerprint density at radius 2 is 1.38 bits per heavy atom. The van der Waals surface area contributed by atoms with Gasteiger partial charge in [-0.3, -0.25) is 14.5 Å². The maximum Gasteiger partial charge on any atom is 0.357 e. The van der Waals surface area contributed by atoms with Crippen molar-refractivity contribution < 1.29 is 33.5 Å². The standard InChI is InChI=1S/C50H43N5O7S3/c1-3-61-40(56)29-30-63-48-43(47(59)62-44(33-19-9-4-10-20-33)34-21-11-5-12-22-34)55-39(32-64-48)42(46(55)58)52-45(57)41(54-60-2)38-31-65-49(51-38)53-50(35-23-13-6-14-24-35,36-25-15-7-16-26-36)37-27-17-8-18-28-37/h4-31,39,42,44H,3,32H2,1-2H3,(H,51,53)(H,52,57)/b30-29+,54-41?. The second kappa shape index (κ2) is 20.7. The molecule has 15 heteroatoms. The minimum absolute atomic E-state index is 0.0110. The van der Waals surface area contributed by atoms with Crippen LogP contribution in [-0.2, 0) is 39.0 Å². The zero-order chi connectivity index (χ0) is 45.2. The number of hydrogen-bond donors (Lipinski definition) is 2. The van der Waals surface area contributed by atoms with Gasteiger partial charge in [0.05, 0.1) is 16.9 Å². The number of carbonyl (C=O) groups is 4. The molecule has 6 aromatic rings. The number of hydrogen-bond acceptors (Lipinski definition) is 13. The van der Waals surface area contributed by atoms with Crippen LogP contribution in [0.5, 0.6) is 0 Å². The Hall–Kier alpha value is -6.94. The summed E-state index contributed by atoms with van der Waals surface area (Å²) >= 11 is 3.71. The first-order valence-corrected chi connectivity index (χ1v) is 23.4. The van der Waals surface area contributed by atoms with Crippen LogP contribution in [0.1, 0.15) is 46.5 Å². The third-order valence-corrected chi connectivity index (χ3v) is 13.7. The maximum atomic E-state index is 14.4. The highest BCUT2D eigenvalue weighted by Gasteiger charge is 2.55. The SMILES string of the molecule is CCOC(=O)/C=C/SC1=C(C(=O)OC(c2ccccc2)c2ccccc2)N2C(=O)C(NC(=O)C(=NOC)c3csc(NC(c4ccccc4)(c4ccccc4)c4ccccc4)n3)C2CS1. The number of thioether (sulfide) groups is 2. The molecule has 2 unspecified atom stereocenters. The molecule has 1 saturated heterocycles. The van der Waals surface area contributed by atoms with Crippen LogP contribution in [0.3, 0.4) is 0 Å². The van der Waals surface area contributed by atoms with Crippen molar-refractivity contribution in [2.24, 2.45) is 5.16 Å². The number of nitrogens with zero attached hydrogens (tertiary/aromatic N) is 3. The average molecular weight is 922 g/mol. The monoisotopic (exact) mass is 921 g/mol. The minimum Gasteiger partial charge on any atom is -0.463 e. The molecule has 65 heavy (non-hydrogen) atoms. The number of fused-ring (bicyclic) bond motifs is 1. The summed E-state index contributed by atoms with van der Waals surface area (Å²) in [6.45, 7) is 1.91. The number of carbonyl (C=O) groups excluding carboxylic acids is 4. The zero-order valence-corrected chi connectivity index (χ0v) is 37.7. The lowest BCUT2D eigenvalue weighted by atomic mass is 9.77. The van der Waals surface area contributed by atoms with Crippen LogP contribution in [0.15, 0.2) is 184 Å². The van der Waals surface area contributed by atoms with E-state index in [0.717, 1.165) is 39.6 Å². The Bertz CT molecular complexity index is 2580. The van der Waals surface area contributed by atoms with Crippen LogP contribution < -0.4 is 10.6 Å². The van der Waals surface area contributed by atoms with Crippen molar-refractivity contribution in [1.29, 1.82) is 0 Å². The summed E-state index contributed by atoms with van der Waals surface area (Å²) in [5.74, 6) is -2.17. The predicted molar refractivity (Wildman–Crippen MR) is 255 cm³/mol. The molecule has 2 amide bonds. The number of thiazole rings is 1. The maximum absolute atomic E-state index is 14.4. The number of β-lactam (4-membered cyclic amide) rings is 1. The van der Waals surface area contributed by atoms with E-state index in [0.29, 0.717) is 15.1 Å². The molecule has 2 aliphatic heterocycles. The smallest absolute Gasteiger partial charge is 0.357 e. The van der Waals surface area contributed by atoms with Gasteiger partial charge in [0.1, 0.15) is 24.4 Å². The van der Waals surface area contributed by atoms with Gasteiger partial charge in [-0.1, -0.05) is 169 Å². The molecule has 0 spiro atoms. The summed E-state index contributed by atoms with van der Waals surface area (Å²) in [5, 5.41) is 14.4. The number of benzene rings is 5. The normalized spacial score (nSPS) is 16.1. The molecule has 12 nitrogen and oxygen atoms in total. The van der Waals surface area contributed by atoms with Crippen molar-refractivity contribution in [3.05, 3.63) is 212 Å². The number of ether oxygens (including phenoxy) is 2. The van der Waals surface area contributed by atoms with Crippen molar-refractivity contribution in [2.75, 3.05) is 24.8 Å². The fourth-order valence-corrected chi connectivity index (χ4v) is 10.7. The number of rotatable bonds is 17. The average Bonchev–Trinajstić information content (AvgIpc) is 3.82. The van der Waals surface area contributed by atoms with Gasteiger partial charge >= 0.3 is 11.9 Å². The van der Waals surface area contributed by atoms with Gasteiger partial charge in [-0.15, -0.1) is 23.1 Å². The molecule has 0 bridgehead atoms. The van der Waals surface area contributed by atoms with Crippen molar-refractivity contribution in [3.63, 3.8) is 0 Å². The molecule has 1 fully saturated rings. The van der Waals surface area contributed by atoms with Gasteiger partial charge in [-0.05, 0) is 40.1 Å². The van der Waals surface area contributed by atoms with Crippen molar-refractivity contribution in [2.45, 2.75) is 30.7 Å². The Kier molecular flexibility index (Phi) is 14.2. The van der Waals surface area contributed by atoms with Gasteiger partial charge in [0, 0.05) is 17.2 Å². The first-order chi connectivity index (χ1) is 31.8. The van der Waals surface area contributed by atoms with E-state index in [2.05, 4.69) is 52.2 Å². The number of anilines is 1. The number of oxime groups is 1. The quantitative estimate of drug-likeness (QED) is 0.0226. The highest BCUT2D eigenvalue weighted by molar-refractivity contribution is 8.23. The molecule has 5 aromatic carbocycles. The summed E-state index contributed by atoms with van der Waals surface area (Å²) in [5.41, 5.74) is 3.62. The molecule has 2 atom stereocenters. The highest BCUT2D eigenvalue weighted by Crippen LogP contribution is 2.46. The van der Waals surface area contributed by atoms with Crippen molar-refractivity contribution >= 4 is 69.5 Å². The van der Waals surface area contributed by atoms with E-state index in [-0.39, 0.29) is 23.7 Å². The first-order valence-electron chi connectivity index (χ1n) is 20.7. The van der Waals surface area contributed by atoms with E-state index >= 15 is 0 Å². The Balaban J connectivity index is 1.06. The van der Waals surface area contributed by atoms with Crippen LogP contribution in [0.25, 0.3) is 0 Å². The van der Waals surface area contributed by atoms with Gasteiger partial charge < -0.3 is 24.9 Å². The topological polar surface area (TPSA) is 149 Å². The van der Waals surface area contributed by atoms with Gasteiger partial charge in [-0.2, -0.15) is 0 Å². The summed E-state index contributed by atoms with van der Waals surface area (Å²) in [4.78, 5) is 66.4. The summed E-state index contributed by atoms with van der Waals surface area (Å²) < 4.78 is 11.7. The van der Waals surface area contributed by atoms with E-state index < -0.39 is 47.5 Å². The van der Waals surface area contributed by atoms with E-state index in [1.54, 1.807) is 12.3 Å². The summed E-state index contributed by atoms with van der Waals surface area (Å²) in [6, 6.07) is 47.2. The number of aromatic nitrogens is 1. The number of amides is 2. The molecule has 1 aromatic heterocycles.